The van der Waals surface area contributed by atoms with Gasteiger partial charge in [0.2, 0.25) is 10.0 Å². The SMILES string of the molecule is CN(C(=O)c1ccc2c(c1)COCC2)c1ccc(S(N)(=O)=O)cc1. The minimum Gasteiger partial charge on any atom is -0.376 e. The maximum atomic E-state index is 12.7. The zero-order valence-corrected chi connectivity index (χ0v) is 14.0. The maximum absolute atomic E-state index is 12.7. The normalized spacial score (nSPS) is 14.1. The molecule has 126 valence electrons. The van der Waals surface area contributed by atoms with E-state index in [4.69, 9.17) is 9.88 Å². The van der Waals surface area contributed by atoms with Gasteiger partial charge in [0.1, 0.15) is 0 Å². The van der Waals surface area contributed by atoms with Crippen LogP contribution in [0.1, 0.15) is 21.5 Å². The molecule has 2 aromatic carbocycles. The van der Waals surface area contributed by atoms with Crippen LogP contribution in [-0.2, 0) is 27.8 Å². The predicted octanol–water partition coefficient (Wildman–Crippen LogP) is 1.68. The number of carbonyl (C=O) groups excluding carboxylic acids is 1. The molecule has 0 saturated carbocycles. The van der Waals surface area contributed by atoms with Gasteiger partial charge >= 0.3 is 0 Å². The molecule has 0 spiro atoms. The van der Waals surface area contributed by atoms with Crippen molar-refractivity contribution in [2.24, 2.45) is 5.14 Å². The molecule has 0 unspecified atom stereocenters. The van der Waals surface area contributed by atoms with E-state index in [0.717, 1.165) is 12.0 Å². The zero-order chi connectivity index (χ0) is 17.3. The van der Waals surface area contributed by atoms with Gasteiger partial charge in [-0.1, -0.05) is 6.07 Å². The third kappa shape index (κ3) is 3.33. The van der Waals surface area contributed by atoms with Gasteiger partial charge in [-0.25, -0.2) is 13.6 Å². The molecule has 1 aliphatic rings. The zero-order valence-electron chi connectivity index (χ0n) is 13.2. The van der Waals surface area contributed by atoms with Gasteiger partial charge in [0.15, 0.2) is 0 Å². The second kappa shape index (κ2) is 6.35. The van der Waals surface area contributed by atoms with Crippen LogP contribution in [0.15, 0.2) is 47.4 Å². The number of primary sulfonamides is 1. The van der Waals surface area contributed by atoms with Crippen LogP contribution in [-0.4, -0.2) is 28.0 Å². The molecular weight excluding hydrogens is 328 g/mol. The van der Waals surface area contributed by atoms with Gasteiger partial charge in [0, 0.05) is 18.3 Å². The highest BCUT2D eigenvalue weighted by Crippen LogP contribution is 2.22. The van der Waals surface area contributed by atoms with E-state index in [2.05, 4.69) is 0 Å². The van der Waals surface area contributed by atoms with E-state index >= 15 is 0 Å². The Labute approximate surface area is 140 Å². The first-order valence-corrected chi connectivity index (χ1v) is 9.01. The summed E-state index contributed by atoms with van der Waals surface area (Å²) in [6, 6.07) is 11.5. The number of anilines is 1. The third-order valence-electron chi connectivity index (χ3n) is 4.08. The summed E-state index contributed by atoms with van der Waals surface area (Å²) < 4.78 is 28.0. The molecule has 0 fully saturated rings. The van der Waals surface area contributed by atoms with Crippen LogP contribution >= 0.6 is 0 Å². The smallest absolute Gasteiger partial charge is 0.258 e. The standard InChI is InChI=1S/C17H18N2O4S/c1-19(15-4-6-16(7-5-15)24(18,21)22)17(20)13-3-2-12-8-9-23-11-14(12)10-13/h2-7,10H,8-9,11H2,1H3,(H2,18,21,22). The second-order valence-electron chi connectivity index (χ2n) is 5.69. The fourth-order valence-electron chi connectivity index (χ4n) is 2.67. The van der Waals surface area contributed by atoms with Crippen molar-refractivity contribution in [2.75, 3.05) is 18.6 Å². The molecule has 0 radical (unpaired) electrons. The molecular formula is C17H18N2O4S. The Kier molecular flexibility index (Phi) is 4.40. The summed E-state index contributed by atoms with van der Waals surface area (Å²) in [7, 11) is -2.10. The Morgan fingerprint density at radius 1 is 1.12 bits per heavy atom. The number of nitrogens with two attached hydrogens (primary N) is 1. The number of rotatable bonds is 3. The molecule has 0 atom stereocenters. The van der Waals surface area contributed by atoms with Gasteiger partial charge in [-0.3, -0.25) is 4.79 Å². The Bertz CT molecular complexity index is 876. The lowest BCUT2D eigenvalue weighted by Crippen LogP contribution is -2.26. The third-order valence-corrected chi connectivity index (χ3v) is 5.01. The predicted molar refractivity (Wildman–Crippen MR) is 90.4 cm³/mol. The Morgan fingerprint density at radius 3 is 2.50 bits per heavy atom. The molecule has 2 N–H and O–H groups in total. The highest BCUT2D eigenvalue weighted by atomic mass is 32.2. The summed E-state index contributed by atoms with van der Waals surface area (Å²) in [5, 5.41) is 5.08. The Morgan fingerprint density at radius 2 is 1.83 bits per heavy atom. The van der Waals surface area contributed by atoms with Crippen molar-refractivity contribution in [3.8, 4) is 0 Å². The number of fused-ring (bicyclic) bond motifs is 1. The van der Waals surface area contributed by atoms with E-state index in [1.54, 1.807) is 19.2 Å². The van der Waals surface area contributed by atoms with E-state index in [1.807, 2.05) is 18.2 Å². The minimum atomic E-state index is -3.75. The van der Waals surface area contributed by atoms with Crippen LogP contribution in [0.3, 0.4) is 0 Å². The molecule has 0 bridgehead atoms. The summed E-state index contributed by atoms with van der Waals surface area (Å²) in [6.07, 6.45) is 0.856. The average molecular weight is 346 g/mol. The van der Waals surface area contributed by atoms with Gasteiger partial charge in [-0.15, -0.1) is 0 Å². The molecule has 3 rings (SSSR count). The first-order valence-electron chi connectivity index (χ1n) is 7.47. The fourth-order valence-corrected chi connectivity index (χ4v) is 3.19. The molecule has 7 heteroatoms. The summed E-state index contributed by atoms with van der Waals surface area (Å²) in [5.74, 6) is -0.174. The topological polar surface area (TPSA) is 89.7 Å². The summed E-state index contributed by atoms with van der Waals surface area (Å²) in [4.78, 5) is 14.1. The molecule has 1 heterocycles. The molecule has 2 aromatic rings. The Hall–Kier alpha value is -2.22. The van der Waals surface area contributed by atoms with Crippen LogP contribution in [0.4, 0.5) is 5.69 Å². The highest BCUT2D eigenvalue weighted by molar-refractivity contribution is 7.89. The van der Waals surface area contributed by atoms with Crippen LogP contribution in [0.25, 0.3) is 0 Å². The van der Waals surface area contributed by atoms with Gasteiger partial charge in [0.05, 0.1) is 18.1 Å². The lowest BCUT2D eigenvalue weighted by Gasteiger charge is -2.20. The van der Waals surface area contributed by atoms with E-state index in [0.29, 0.717) is 24.5 Å². The molecule has 6 nitrogen and oxygen atoms in total. The van der Waals surface area contributed by atoms with Crippen molar-refractivity contribution in [3.63, 3.8) is 0 Å². The largest absolute Gasteiger partial charge is 0.376 e. The van der Waals surface area contributed by atoms with Gasteiger partial charge in [-0.05, 0) is 53.9 Å². The van der Waals surface area contributed by atoms with Crippen molar-refractivity contribution < 1.29 is 17.9 Å². The minimum absolute atomic E-state index is 0.0121. The quantitative estimate of drug-likeness (QED) is 0.916. The number of benzene rings is 2. The van der Waals surface area contributed by atoms with Gasteiger partial charge < -0.3 is 9.64 Å². The number of hydrogen-bond donors (Lipinski definition) is 1. The second-order valence-corrected chi connectivity index (χ2v) is 7.25. The van der Waals surface area contributed by atoms with E-state index in [9.17, 15) is 13.2 Å². The lowest BCUT2D eigenvalue weighted by molar-refractivity contribution is 0.0990. The van der Waals surface area contributed by atoms with Crippen LogP contribution in [0.2, 0.25) is 0 Å². The van der Waals surface area contributed by atoms with Crippen LogP contribution in [0, 0.1) is 0 Å². The van der Waals surface area contributed by atoms with Crippen molar-refractivity contribution in [2.45, 2.75) is 17.9 Å². The van der Waals surface area contributed by atoms with Gasteiger partial charge in [0.25, 0.3) is 5.91 Å². The number of amides is 1. The first-order chi connectivity index (χ1) is 11.4. The van der Waals surface area contributed by atoms with E-state index in [1.165, 1.54) is 22.6 Å². The maximum Gasteiger partial charge on any atom is 0.258 e. The number of ether oxygens (including phenoxy) is 1. The molecule has 1 amide bonds. The molecule has 0 aromatic heterocycles. The molecule has 1 aliphatic heterocycles. The van der Waals surface area contributed by atoms with E-state index in [-0.39, 0.29) is 10.8 Å². The van der Waals surface area contributed by atoms with Crippen molar-refractivity contribution in [1.82, 2.24) is 0 Å². The van der Waals surface area contributed by atoms with Crippen molar-refractivity contribution in [3.05, 3.63) is 59.2 Å². The monoisotopic (exact) mass is 346 g/mol. The van der Waals surface area contributed by atoms with Crippen LogP contribution < -0.4 is 10.0 Å². The lowest BCUT2D eigenvalue weighted by atomic mass is 10.00. The van der Waals surface area contributed by atoms with Crippen molar-refractivity contribution in [1.29, 1.82) is 0 Å². The molecule has 24 heavy (non-hydrogen) atoms. The molecule has 0 saturated heterocycles. The number of nitrogens with zero attached hydrogens (tertiary/aromatic N) is 1. The first kappa shape index (κ1) is 16.6. The summed E-state index contributed by atoms with van der Waals surface area (Å²) >= 11 is 0. The van der Waals surface area contributed by atoms with E-state index < -0.39 is 10.0 Å². The number of hydrogen-bond acceptors (Lipinski definition) is 4. The summed E-state index contributed by atoms with van der Waals surface area (Å²) in [5.41, 5.74) is 3.39. The van der Waals surface area contributed by atoms with Crippen LogP contribution in [0.5, 0.6) is 0 Å². The highest BCUT2D eigenvalue weighted by Gasteiger charge is 2.17. The van der Waals surface area contributed by atoms with Crippen molar-refractivity contribution >= 4 is 21.6 Å². The summed E-state index contributed by atoms with van der Waals surface area (Å²) in [6.45, 7) is 1.22. The molecule has 0 aliphatic carbocycles. The van der Waals surface area contributed by atoms with Gasteiger partial charge in [-0.2, -0.15) is 0 Å². The number of sulfonamides is 1. The Balaban J connectivity index is 1.84. The number of carbonyl (C=O) groups is 1. The average Bonchev–Trinajstić information content (AvgIpc) is 2.59. The fraction of sp³-hybridized carbons (Fsp3) is 0.235.